The molecule has 2 aromatic carbocycles. The van der Waals surface area contributed by atoms with Gasteiger partial charge in [0.1, 0.15) is 5.82 Å². The Bertz CT molecular complexity index is 557. The molecule has 0 amide bonds. The third-order valence-corrected chi connectivity index (χ3v) is 3.37. The predicted octanol–water partition coefficient (Wildman–Crippen LogP) is 3.45. The molecule has 18 heavy (non-hydrogen) atoms. The van der Waals surface area contributed by atoms with Crippen LogP contribution >= 0.6 is 15.9 Å². The first-order valence-corrected chi connectivity index (χ1v) is 6.39. The number of hydrazine groups is 1. The van der Waals surface area contributed by atoms with Gasteiger partial charge in [-0.1, -0.05) is 40.2 Å². The Kier molecular flexibility index (Phi) is 4.11. The van der Waals surface area contributed by atoms with Crippen LogP contribution in [0.1, 0.15) is 22.7 Å². The van der Waals surface area contributed by atoms with Gasteiger partial charge in [-0.05, 0) is 41.8 Å². The molecule has 0 heterocycles. The van der Waals surface area contributed by atoms with Gasteiger partial charge >= 0.3 is 0 Å². The summed E-state index contributed by atoms with van der Waals surface area (Å²) in [5.41, 5.74) is 5.14. The van der Waals surface area contributed by atoms with E-state index < -0.39 is 0 Å². The van der Waals surface area contributed by atoms with E-state index in [1.54, 1.807) is 13.0 Å². The molecular formula is C14H14BrFN2. The van der Waals surface area contributed by atoms with Gasteiger partial charge < -0.3 is 0 Å². The number of rotatable bonds is 3. The molecule has 94 valence electrons. The Morgan fingerprint density at radius 2 is 1.89 bits per heavy atom. The first-order valence-electron chi connectivity index (χ1n) is 5.59. The fraction of sp³-hybridized carbons (Fsp3) is 0.143. The highest BCUT2D eigenvalue weighted by atomic mass is 79.9. The molecule has 0 aliphatic rings. The van der Waals surface area contributed by atoms with Crippen LogP contribution in [0.3, 0.4) is 0 Å². The van der Waals surface area contributed by atoms with Gasteiger partial charge in [-0.2, -0.15) is 0 Å². The van der Waals surface area contributed by atoms with Crippen LogP contribution in [0.15, 0.2) is 46.9 Å². The molecule has 0 aliphatic carbocycles. The normalized spacial score (nSPS) is 12.4. The Hall–Kier alpha value is -1.23. The molecule has 0 fully saturated rings. The zero-order valence-corrected chi connectivity index (χ0v) is 11.5. The van der Waals surface area contributed by atoms with Crippen molar-refractivity contribution >= 4 is 15.9 Å². The summed E-state index contributed by atoms with van der Waals surface area (Å²) in [6, 6.07) is 12.7. The average molecular weight is 309 g/mol. The maximum Gasteiger partial charge on any atom is 0.126 e. The van der Waals surface area contributed by atoms with Crippen LogP contribution in [0.5, 0.6) is 0 Å². The Labute approximate surface area is 114 Å². The van der Waals surface area contributed by atoms with Crippen molar-refractivity contribution in [1.29, 1.82) is 0 Å². The average Bonchev–Trinajstić information content (AvgIpc) is 2.35. The summed E-state index contributed by atoms with van der Waals surface area (Å²) in [6.45, 7) is 1.74. The van der Waals surface area contributed by atoms with Crippen LogP contribution in [0.4, 0.5) is 4.39 Å². The van der Waals surface area contributed by atoms with Gasteiger partial charge in [0, 0.05) is 4.47 Å². The lowest BCUT2D eigenvalue weighted by Gasteiger charge is -2.17. The van der Waals surface area contributed by atoms with E-state index in [1.165, 1.54) is 6.07 Å². The zero-order chi connectivity index (χ0) is 13.1. The molecular weight excluding hydrogens is 295 g/mol. The van der Waals surface area contributed by atoms with Gasteiger partial charge in [0.25, 0.3) is 0 Å². The summed E-state index contributed by atoms with van der Waals surface area (Å²) in [6.07, 6.45) is 0. The maximum absolute atomic E-state index is 13.6. The molecule has 0 spiro atoms. The third-order valence-electron chi connectivity index (χ3n) is 2.88. The second kappa shape index (κ2) is 5.61. The highest BCUT2D eigenvalue weighted by molar-refractivity contribution is 9.10. The van der Waals surface area contributed by atoms with Crippen LogP contribution in [0, 0.1) is 12.7 Å². The van der Waals surface area contributed by atoms with Crippen molar-refractivity contribution in [1.82, 2.24) is 5.43 Å². The van der Waals surface area contributed by atoms with Crippen molar-refractivity contribution in [3.63, 3.8) is 0 Å². The molecule has 0 saturated heterocycles. The van der Waals surface area contributed by atoms with E-state index in [2.05, 4.69) is 21.4 Å². The van der Waals surface area contributed by atoms with E-state index in [1.807, 2.05) is 30.3 Å². The summed E-state index contributed by atoms with van der Waals surface area (Å²) < 4.78 is 14.6. The summed E-state index contributed by atoms with van der Waals surface area (Å²) in [4.78, 5) is 0. The molecule has 0 saturated carbocycles. The maximum atomic E-state index is 13.6. The Morgan fingerprint density at radius 1 is 1.17 bits per heavy atom. The van der Waals surface area contributed by atoms with Crippen molar-refractivity contribution in [2.45, 2.75) is 13.0 Å². The quantitative estimate of drug-likeness (QED) is 0.673. The molecule has 0 radical (unpaired) electrons. The topological polar surface area (TPSA) is 38.0 Å². The lowest BCUT2D eigenvalue weighted by atomic mass is 9.98. The first-order chi connectivity index (χ1) is 8.61. The minimum absolute atomic E-state index is 0.220. The van der Waals surface area contributed by atoms with Crippen molar-refractivity contribution in [3.05, 3.63) is 69.4 Å². The molecule has 2 rings (SSSR count). The Balaban J connectivity index is 2.42. The van der Waals surface area contributed by atoms with Gasteiger partial charge in [-0.25, -0.2) is 9.82 Å². The van der Waals surface area contributed by atoms with Crippen molar-refractivity contribution in [3.8, 4) is 0 Å². The van der Waals surface area contributed by atoms with E-state index in [-0.39, 0.29) is 11.9 Å². The number of halogens is 2. The number of hydrogen-bond donors (Lipinski definition) is 2. The van der Waals surface area contributed by atoms with Crippen molar-refractivity contribution < 1.29 is 4.39 Å². The summed E-state index contributed by atoms with van der Waals surface area (Å²) in [5.74, 6) is 5.37. The minimum atomic E-state index is -0.224. The summed E-state index contributed by atoms with van der Waals surface area (Å²) in [7, 11) is 0. The SMILES string of the molecule is Cc1ccc(C(NN)c2cccc(Br)c2)cc1F. The summed E-state index contributed by atoms with van der Waals surface area (Å²) in [5, 5.41) is 0. The molecule has 1 unspecified atom stereocenters. The molecule has 2 nitrogen and oxygen atoms in total. The van der Waals surface area contributed by atoms with E-state index in [0.717, 1.165) is 15.6 Å². The Morgan fingerprint density at radius 3 is 2.50 bits per heavy atom. The standard InChI is InChI=1S/C14H14BrFN2/c1-9-5-6-11(8-13(9)16)14(18-17)10-3-2-4-12(15)7-10/h2-8,14,18H,17H2,1H3. The highest BCUT2D eigenvalue weighted by Gasteiger charge is 2.13. The number of hydrogen-bond acceptors (Lipinski definition) is 2. The van der Waals surface area contributed by atoms with Crippen LogP contribution in [-0.2, 0) is 0 Å². The minimum Gasteiger partial charge on any atom is -0.271 e. The van der Waals surface area contributed by atoms with E-state index in [9.17, 15) is 4.39 Å². The molecule has 0 aromatic heterocycles. The molecule has 3 N–H and O–H groups in total. The second-order valence-corrected chi connectivity index (χ2v) is 5.08. The molecule has 1 atom stereocenters. The highest BCUT2D eigenvalue weighted by Crippen LogP contribution is 2.25. The fourth-order valence-corrected chi connectivity index (χ4v) is 2.28. The molecule has 4 heteroatoms. The van der Waals surface area contributed by atoms with Gasteiger partial charge in [-0.15, -0.1) is 0 Å². The first kappa shape index (κ1) is 13.2. The largest absolute Gasteiger partial charge is 0.271 e. The van der Waals surface area contributed by atoms with E-state index in [0.29, 0.717) is 5.56 Å². The predicted molar refractivity (Wildman–Crippen MR) is 74.4 cm³/mol. The zero-order valence-electron chi connectivity index (χ0n) is 9.95. The molecule has 0 aliphatic heterocycles. The van der Waals surface area contributed by atoms with Crippen LogP contribution < -0.4 is 11.3 Å². The summed E-state index contributed by atoms with van der Waals surface area (Å²) >= 11 is 3.42. The van der Waals surface area contributed by atoms with Gasteiger partial charge in [0.15, 0.2) is 0 Å². The van der Waals surface area contributed by atoms with Crippen molar-refractivity contribution in [2.24, 2.45) is 5.84 Å². The molecule has 0 bridgehead atoms. The fourth-order valence-electron chi connectivity index (χ4n) is 1.86. The van der Waals surface area contributed by atoms with E-state index in [4.69, 9.17) is 5.84 Å². The number of nitrogens with one attached hydrogen (secondary N) is 1. The molecule has 2 aromatic rings. The van der Waals surface area contributed by atoms with Crippen LogP contribution in [0.2, 0.25) is 0 Å². The van der Waals surface area contributed by atoms with Crippen molar-refractivity contribution in [2.75, 3.05) is 0 Å². The monoisotopic (exact) mass is 308 g/mol. The second-order valence-electron chi connectivity index (χ2n) is 4.16. The van der Waals surface area contributed by atoms with Gasteiger partial charge in [0.2, 0.25) is 0 Å². The van der Waals surface area contributed by atoms with E-state index >= 15 is 0 Å². The number of aryl methyl sites for hydroxylation is 1. The van der Waals surface area contributed by atoms with Crippen LogP contribution in [0.25, 0.3) is 0 Å². The lowest BCUT2D eigenvalue weighted by Crippen LogP contribution is -2.28. The van der Waals surface area contributed by atoms with Gasteiger partial charge in [-0.3, -0.25) is 5.84 Å². The third kappa shape index (κ3) is 2.77. The lowest BCUT2D eigenvalue weighted by molar-refractivity contribution is 0.599. The van der Waals surface area contributed by atoms with Gasteiger partial charge in [0.05, 0.1) is 6.04 Å². The van der Waals surface area contributed by atoms with Crippen LogP contribution in [-0.4, -0.2) is 0 Å². The smallest absolute Gasteiger partial charge is 0.126 e. The number of benzene rings is 2. The number of nitrogens with two attached hydrogens (primary N) is 1.